The van der Waals surface area contributed by atoms with Gasteiger partial charge in [-0.25, -0.2) is 4.98 Å². The summed E-state index contributed by atoms with van der Waals surface area (Å²) in [5.74, 6) is 0.289. The van der Waals surface area contributed by atoms with Gasteiger partial charge >= 0.3 is 5.97 Å². The van der Waals surface area contributed by atoms with E-state index in [1.807, 2.05) is 12.1 Å². The number of fused-ring (bicyclic) bond motifs is 3. The SMILES string of the molecule is CC(=O)Oc1ccc2c(c1)CCc1sc(N)nc1-2. The van der Waals surface area contributed by atoms with E-state index in [0.717, 1.165) is 29.7 Å². The summed E-state index contributed by atoms with van der Waals surface area (Å²) in [5.41, 5.74) is 8.99. The van der Waals surface area contributed by atoms with Crippen LogP contribution in [0, 0.1) is 0 Å². The van der Waals surface area contributed by atoms with Crippen LogP contribution in [0.5, 0.6) is 5.75 Å². The highest BCUT2D eigenvalue weighted by Crippen LogP contribution is 2.38. The number of nitrogen functional groups attached to an aromatic ring is 1. The zero-order valence-electron chi connectivity index (χ0n) is 9.90. The first-order valence-electron chi connectivity index (χ1n) is 5.70. The molecule has 18 heavy (non-hydrogen) atoms. The van der Waals surface area contributed by atoms with E-state index in [4.69, 9.17) is 10.5 Å². The number of hydrogen-bond donors (Lipinski definition) is 1. The molecule has 0 atom stereocenters. The molecule has 0 bridgehead atoms. The lowest BCUT2D eigenvalue weighted by Crippen LogP contribution is -2.05. The van der Waals surface area contributed by atoms with Crippen molar-refractivity contribution in [3.05, 3.63) is 28.6 Å². The van der Waals surface area contributed by atoms with Crippen LogP contribution in [0.15, 0.2) is 18.2 Å². The lowest BCUT2D eigenvalue weighted by atomic mass is 9.93. The number of hydrogen-bond acceptors (Lipinski definition) is 5. The monoisotopic (exact) mass is 260 g/mol. The molecule has 0 unspecified atom stereocenters. The molecular weight excluding hydrogens is 248 g/mol. The van der Waals surface area contributed by atoms with Crippen molar-refractivity contribution < 1.29 is 9.53 Å². The summed E-state index contributed by atoms with van der Waals surface area (Å²) in [7, 11) is 0. The molecule has 2 N–H and O–H groups in total. The van der Waals surface area contributed by atoms with Gasteiger partial charge in [0.2, 0.25) is 0 Å². The summed E-state index contributed by atoms with van der Waals surface area (Å²) in [6, 6.07) is 5.66. The summed E-state index contributed by atoms with van der Waals surface area (Å²) in [6.07, 6.45) is 1.87. The van der Waals surface area contributed by atoms with Crippen molar-refractivity contribution in [3.63, 3.8) is 0 Å². The van der Waals surface area contributed by atoms with Crippen LogP contribution >= 0.6 is 11.3 Å². The van der Waals surface area contributed by atoms with Gasteiger partial charge in [0, 0.05) is 17.4 Å². The van der Waals surface area contributed by atoms with E-state index in [2.05, 4.69) is 4.98 Å². The Hall–Kier alpha value is -1.88. The van der Waals surface area contributed by atoms with Crippen molar-refractivity contribution in [2.75, 3.05) is 5.73 Å². The molecule has 0 radical (unpaired) electrons. The third-order valence-corrected chi connectivity index (χ3v) is 3.87. The molecule has 5 heteroatoms. The van der Waals surface area contributed by atoms with Gasteiger partial charge in [-0.1, -0.05) is 0 Å². The van der Waals surface area contributed by atoms with Crippen LogP contribution in [0.3, 0.4) is 0 Å². The normalized spacial score (nSPS) is 12.7. The Balaban J connectivity index is 2.05. The lowest BCUT2D eigenvalue weighted by molar-refractivity contribution is -0.131. The van der Waals surface area contributed by atoms with E-state index in [-0.39, 0.29) is 5.97 Å². The molecule has 2 aromatic rings. The maximum Gasteiger partial charge on any atom is 0.308 e. The smallest absolute Gasteiger partial charge is 0.308 e. The van der Waals surface area contributed by atoms with Crippen molar-refractivity contribution in [1.82, 2.24) is 4.98 Å². The summed E-state index contributed by atoms with van der Waals surface area (Å²) in [5, 5.41) is 0.608. The van der Waals surface area contributed by atoms with Crippen molar-refractivity contribution in [1.29, 1.82) is 0 Å². The molecule has 0 saturated heterocycles. The number of carbonyl (C=O) groups excluding carboxylic acids is 1. The van der Waals surface area contributed by atoms with Gasteiger partial charge in [0.05, 0.1) is 5.69 Å². The van der Waals surface area contributed by atoms with Crippen molar-refractivity contribution >= 4 is 22.4 Å². The molecule has 0 fully saturated rings. The zero-order chi connectivity index (χ0) is 12.7. The Morgan fingerprint density at radius 1 is 1.44 bits per heavy atom. The Morgan fingerprint density at radius 2 is 2.28 bits per heavy atom. The minimum atomic E-state index is -0.302. The zero-order valence-corrected chi connectivity index (χ0v) is 10.7. The molecule has 1 aromatic carbocycles. The molecule has 92 valence electrons. The second kappa shape index (κ2) is 4.10. The quantitative estimate of drug-likeness (QED) is 0.631. The Morgan fingerprint density at radius 3 is 3.06 bits per heavy atom. The summed E-state index contributed by atoms with van der Waals surface area (Å²) >= 11 is 1.55. The average Bonchev–Trinajstić information content (AvgIpc) is 2.68. The maximum atomic E-state index is 10.9. The Labute approximate surface area is 108 Å². The number of nitrogens with two attached hydrogens (primary N) is 1. The number of aromatic nitrogens is 1. The van der Waals surface area contributed by atoms with Crippen LogP contribution in [0.4, 0.5) is 5.13 Å². The van der Waals surface area contributed by atoms with Gasteiger partial charge in [0.1, 0.15) is 5.75 Å². The predicted octanol–water partition coefficient (Wildman–Crippen LogP) is 2.42. The number of anilines is 1. The predicted molar refractivity (Wildman–Crippen MR) is 70.7 cm³/mol. The van der Waals surface area contributed by atoms with Gasteiger partial charge in [-0.3, -0.25) is 4.79 Å². The lowest BCUT2D eigenvalue weighted by Gasteiger charge is -2.15. The number of nitrogens with zero attached hydrogens (tertiary/aromatic N) is 1. The van der Waals surface area contributed by atoms with Crippen LogP contribution in [0.1, 0.15) is 17.4 Å². The second-order valence-corrected chi connectivity index (χ2v) is 5.35. The topological polar surface area (TPSA) is 65.2 Å². The fourth-order valence-electron chi connectivity index (χ4n) is 2.24. The summed E-state index contributed by atoms with van der Waals surface area (Å²) in [6.45, 7) is 1.40. The Kier molecular flexibility index (Phi) is 2.56. The van der Waals surface area contributed by atoms with Crippen LogP contribution in [0.2, 0.25) is 0 Å². The van der Waals surface area contributed by atoms with E-state index >= 15 is 0 Å². The van der Waals surface area contributed by atoms with E-state index in [1.54, 1.807) is 17.4 Å². The molecule has 1 aliphatic rings. The number of esters is 1. The first kappa shape index (κ1) is 11.2. The van der Waals surface area contributed by atoms with Gasteiger partial charge in [-0.2, -0.15) is 0 Å². The van der Waals surface area contributed by atoms with E-state index in [0.29, 0.717) is 10.9 Å². The van der Waals surface area contributed by atoms with Crippen molar-refractivity contribution in [2.24, 2.45) is 0 Å². The summed E-state index contributed by atoms with van der Waals surface area (Å²) < 4.78 is 5.09. The molecule has 1 heterocycles. The van der Waals surface area contributed by atoms with Gasteiger partial charge in [-0.15, -0.1) is 11.3 Å². The van der Waals surface area contributed by atoms with Crippen molar-refractivity contribution in [3.8, 4) is 17.0 Å². The molecule has 0 aliphatic heterocycles. The molecule has 0 amide bonds. The number of ether oxygens (including phenoxy) is 1. The largest absolute Gasteiger partial charge is 0.427 e. The van der Waals surface area contributed by atoms with Gasteiger partial charge in [0.25, 0.3) is 0 Å². The van der Waals surface area contributed by atoms with Crippen LogP contribution in [-0.2, 0) is 17.6 Å². The standard InChI is InChI=1S/C13H12N2O2S/c1-7(16)17-9-3-4-10-8(6-9)2-5-11-12(10)15-13(14)18-11/h3-4,6H,2,5H2,1H3,(H2,14,15). The molecule has 0 spiro atoms. The van der Waals surface area contributed by atoms with E-state index < -0.39 is 0 Å². The maximum absolute atomic E-state index is 10.9. The minimum absolute atomic E-state index is 0.302. The first-order chi connectivity index (χ1) is 8.63. The van der Waals surface area contributed by atoms with Crippen LogP contribution in [-0.4, -0.2) is 11.0 Å². The third-order valence-electron chi connectivity index (χ3n) is 2.93. The highest BCUT2D eigenvalue weighted by molar-refractivity contribution is 7.15. The van der Waals surface area contributed by atoms with Crippen molar-refractivity contribution in [2.45, 2.75) is 19.8 Å². The van der Waals surface area contributed by atoms with E-state index in [1.165, 1.54) is 11.8 Å². The highest BCUT2D eigenvalue weighted by Gasteiger charge is 2.20. The molecular formula is C13H12N2O2S. The second-order valence-electron chi connectivity index (χ2n) is 4.24. The van der Waals surface area contributed by atoms with Crippen LogP contribution in [0.25, 0.3) is 11.3 Å². The van der Waals surface area contributed by atoms with Gasteiger partial charge < -0.3 is 10.5 Å². The number of benzene rings is 1. The summed E-state index contributed by atoms with van der Waals surface area (Å²) in [4.78, 5) is 16.5. The fraction of sp³-hybridized carbons (Fsp3) is 0.231. The molecule has 3 rings (SSSR count). The molecule has 0 saturated carbocycles. The minimum Gasteiger partial charge on any atom is -0.427 e. The highest BCUT2D eigenvalue weighted by atomic mass is 32.1. The Bertz CT molecular complexity index is 634. The number of carbonyl (C=O) groups is 1. The first-order valence-corrected chi connectivity index (χ1v) is 6.52. The van der Waals surface area contributed by atoms with E-state index in [9.17, 15) is 4.79 Å². The molecule has 1 aromatic heterocycles. The number of aryl methyl sites for hydroxylation is 2. The van der Waals surface area contributed by atoms with Gasteiger partial charge in [0.15, 0.2) is 5.13 Å². The van der Waals surface area contributed by atoms with Gasteiger partial charge in [-0.05, 0) is 36.6 Å². The van der Waals surface area contributed by atoms with Crippen LogP contribution < -0.4 is 10.5 Å². The fourth-order valence-corrected chi connectivity index (χ4v) is 3.08. The number of rotatable bonds is 1. The molecule has 1 aliphatic carbocycles. The number of thiazole rings is 1. The average molecular weight is 260 g/mol. The third kappa shape index (κ3) is 1.86. The molecule has 4 nitrogen and oxygen atoms in total.